The first-order valence-electron chi connectivity index (χ1n) is 10.3. The first-order chi connectivity index (χ1) is 12.1. The third kappa shape index (κ3) is 3.35. The lowest BCUT2D eigenvalue weighted by atomic mass is 9.51. The van der Waals surface area contributed by atoms with E-state index < -0.39 is 10.0 Å². The standard InChI is InChI=1S/C22H33NO2S/c1-14(21-17-10-15-9-16(12-17)13-18(21)11-15)23-26(24,25)20-7-5-19(6-8-20)22(2,3)4/h5-8,14-18,21,23H,9-13H2,1-4H3. The molecule has 1 N–H and O–H groups in total. The van der Waals surface area contributed by atoms with Crippen LogP contribution < -0.4 is 4.72 Å². The number of nitrogens with one attached hydrogen (secondary N) is 1. The molecular weight excluding hydrogens is 342 g/mol. The molecule has 0 heterocycles. The van der Waals surface area contributed by atoms with Crippen LogP contribution in [0.5, 0.6) is 0 Å². The van der Waals surface area contributed by atoms with Gasteiger partial charge in [-0.25, -0.2) is 13.1 Å². The Labute approximate surface area is 159 Å². The van der Waals surface area contributed by atoms with Crippen LogP contribution in [0.15, 0.2) is 29.2 Å². The van der Waals surface area contributed by atoms with E-state index in [1.165, 1.54) is 32.1 Å². The molecule has 3 nitrogen and oxygen atoms in total. The van der Waals surface area contributed by atoms with E-state index in [9.17, 15) is 8.42 Å². The molecule has 1 atom stereocenters. The summed E-state index contributed by atoms with van der Waals surface area (Å²) >= 11 is 0. The highest BCUT2D eigenvalue weighted by Gasteiger charge is 2.50. The van der Waals surface area contributed by atoms with Gasteiger partial charge in [-0.05, 0) is 91.7 Å². The minimum absolute atomic E-state index is 0.0253. The second-order valence-electron chi connectivity index (χ2n) is 10.2. The summed E-state index contributed by atoms with van der Waals surface area (Å²) in [6.45, 7) is 8.52. The van der Waals surface area contributed by atoms with Gasteiger partial charge in [-0.15, -0.1) is 0 Å². The van der Waals surface area contributed by atoms with E-state index in [4.69, 9.17) is 0 Å². The maximum Gasteiger partial charge on any atom is 0.240 e. The first kappa shape index (κ1) is 18.5. The molecule has 26 heavy (non-hydrogen) atoms. The van der Waals surface area contributed by atoms with E-state index in [-0.39, 0.29) is 11.5 Å². The number of rotatable bonds is 4. The molecule has 0 saturated heterocycles. The molecule has 5 rings (SSSR count). The third-order valence-electron chi connectivity index (χ3n) is 7.25. The summed E-state index contributed by atoms with van der Waals surface area (Å²) < 4.78 is 28.9. The third-order valence-corrected chi connectivity index (χ3v) is 8.82. The van der Waals surface area contributed by atoms with Crippen LogP contribution in [0.4, 0.5) is 0 Å². The Morgan fingerprint density at radius 2 is 1.42 bits per heavy atom. The predicted molar refractivity (Wildman–Crippen MR) is 105 cm³/mol. The van der Waals surface area contributed by atoms with Crippen molar-refractivity contribution >= 4 is 10.0 Å². The van der Waals surface area contributed by atoms with Gasteiger partial charge in [0.1, 0.15) is 0 Å². The summed E-state index contributed by atoms with van der Waals surface area (Å²) in [5, 5.41) is 0. The van der Waals surface area contributed by atoms with Gasteiger partial charge in [0.05, 0.1) is 4.90 Å². The molecule has 1 aromatic rings. The fourth-order valence-electron chi connectivity index (χ4n) is 6.31. The molecule has 0 radical (unpaired) electrons. The Morgan fingerprint density at radius 1 is 0.923 bits per heavy atom. The molecule has 4 heteroatoms. The Balaban J connectivity index is 1.49. The largest absolute Gasteiger partial charge is 0.240 e. The molecule has 0 aromatic heterocycles. The van der Waals surface area contributed by atoms with Crippen LogP contribution in [-0.4, -0.2) is 14.5 Å². The second kappa shape index (κ2) is 6.34. The SMILES string of the molecule is CC(NS(=O)(=O)c1ccc(C(C)(C)C)cc1)C1C2CC3CC(C2)CC1C3. The quantitative estimate of drug-likeness (QED) is 0.827. The lowest BCUT2D eigenvalue weighted by molar-refractivity contribution is -0.0463. The van der Waals surface area contributed by atoms with Crippen molar-refractivity contribution in [3.63, 3.8) is 0 Å². The van der Waals surface area contributed by atoms with E-state index in [1.807, 2.05) is 12.1 Å². The minimum Gasteiger partial charge on any atom is -0.208 e. The predicted octanol–water partition coefficient (Wildman–Crippen LogP) is 4.72. The average molecular weight is 376 g/mol. The molecular formula is C22H33NO2S. The highest BCUT2D eigenvalue weighted by molar-refractivity contribution is 7.89. The fraction of sp³-hybridized carbons (Fsp3) is 0.727. The van der Waals surface area contributed by atoms with Gasteiger partial charge >= 0.3 is 0 Å². The molecule has 1 unspecified atom stereocenters. The van der Waals surface area contributed by atoms with Crippen molar-refractivity contribution in [1.29, 1.82) is 0 Å². The molecule has 4 saturated carbocycles. The summed E-state index contributed by atoms with van der Waals surface area (Å²) in [7, 11) is -3.45. The van der Waals surface area contributed by atoms with Crippen LogP contribution in [0.1, 0.15) is 65.4 Å². The average Bonchev–Trinajstić information content (AvgIpc) is 2.52. The number of hydrogen-bond acceptors (Lipinski definition) is 2. The lowest BCUT2D eigenvalue weighted by Gasteiger charge is -2.56. The van der Waals surface area contributed by atoms with Crippen LogP contribution in [0.3, 0.4) is 0 Å². The maximum absolute atomic E-state index is 12.9. The zero-order valence-electron chi connectivity index (χ0n) is 16.5. The molecule has 0 aliphatic heterocycles. The van der Waals surface area contributed by atoms with Gasteiger partial charge in [0.15, 0.2) is 0 Å². The monoisotopic (exact) mass is 375 g/mol. The minimum atomic E-state index is -3.45. The fourth-order valence-corrected chi connectivity index (χ4v) is 7.59. The van der Waals surface area contributed by atoms with Crippen LogP contribution in [0.2, 0.25) is 0 Å². The summed E-state index contributed by atoms with van der Waals surface area (Å²) in [5.74, 6) is 3.82. The van der Waals surface area contributed by atoms with Crippen molar-refractivity contribution < 1.29 is 8.42 Å². The van der Waals surface area contributed by atoms with Crippen molar-refractivity contribution in [2.45, 2.75) is 76.2 Å². The summed E-state index contributed by atoms with van der Waals surface area (Å²) in [6.07, 6.45) is 6.72. The van der Waals surface area contributed by atoms with Crippen LogP contribution in [0, 0.1) is 29.6 Å². The maximum atomic E-state index is 12.9. The molecule has 4 fully saturated rings. The van der Waals surface area contributed by atoms with Crippen molar-refractivity contribution in [1.82, 2.24) is 4.72 Å². The van der Waals surface area contributed by atoms with Crippen molar-refractivity contribution in [3.05, 3.63) is 29.8 Å². The molecule has 144 valence electrons. The van der Waals surface area contributed by atoms with Gasteiger partial charge in [-0.1, -0.05) is 32.9 Å². The zero-order chi connectivity index (χ0) is 18.7. The van der Waals surface area contributed by atoms with Gasteiger partial charge in [0, 0.05) is 6.04 Å². The molecule has 1 aromatic carbocycles. The van der Waals surface area contributed by atoms with Crippen molar-refractivity contribution in [2.24, 2.45) is 29.6 Å². The van der Waals surface area contributed by atoms with E-state index >= 15 is 0 Å². The smallest absolute Gasteiger partial charge is 0.208 e. The Kier molecular flexibility index (Phi) is 4.51. The van der Waals surface area contributed by atoms with Gasteiger partial charge in [0.2, 0.25) is 10.0 Å². The second-order valence-corrected chi connectivity index (χ2v) is 11.9. The highest BCUT2D eigenvalue weighted by Crippen LogP contribution is 2.57. The molecule has 0 spiro atoms. The van der Waals surface area contributed by atoms with Crippen LogP contribution >= 0.6 is 0 Å². The Morgan fingerprint density at radius 3 is 1.88 bits per heavy atom. The highest BCUT2D eigenvalue weighted by atomic mass is 32.2. The molecule has 4 aliphatic rings. The van der Waals surface area contributed by atoms with E-state index in [0.29, 0.717) is 10.8 Å². The zero-order valence-corrected chi connectivity index (χ0v) is 17.4. The summed E-state index contributed by atoms with van der Waals surface area (Å²) in [5.41, 5.74) is 1.19. The summed E-state index contributed by atoms with van der Waals surface area (Å²) in [6, 6.07) is 7.43. The normalized spacial score (nSPS) is 34.8. The molecule has 0 amide bonds. The van der Waals surface area contributed by atoms with E-state index in [2.05, 4.69) is 32.4 Å². The number of hydrogen-bond donors (Lipinski definition) is 1. The molecule has 4 bridgehead atoms. The Bertz CT molecular complexity index is 732. The van der Waals surface area contributed by atoms with Crippen LogP contribution in [0.25, 0.3) is 0 Å². The van der Waals surface area contributed by atoms with Gasteiger partial charge < -0.3 is 0 Å². The number of benzene rings is 1. The van der Waals surface area contributed by atoms with Crippen LogP contribution in [-0.2, 0) is 15.4 Å². The Hall–Kier alpha value is -0.870. The van der Waals surface area contributed by atoms with Gasteiger partial charge in [0.25, 0.3) is 0 Å². The van der Waals surface area contributed by atoms with E-state index in [0.717, 1.165) is 29.2 Å². The van der Waals surface area contributed by atoms with E-state index in [1.54, 1.807) is 12.1 Å². The summed E-state index contributed by atoms with van der Waals surface area (Å²) in [4.78, 5) is 0.390. The number of sulfonamides is 1. The topological polar surface area (TPSA) is 46.2 Å². The van der Waals surface area contributed by atoms with Gasteiger partial charge in [-0.3, -0.25) is 0 Å². The van der Waals surface area contributed by atoms with Gasteiger partial charge in [-0.2, -0.15) is 0 Å². The lowest BCUT2D eigenvalue weighted by Crippen LogP contribution is -2.52. The van der Waals surface area contributed by atoms with Crippen molar-refractivity contribution in [3.8, 4) is 0 Å². The van der Waals surface area contributed by atoms with Crippen molar-refractivity contribution in [2.75, 3.05) is 0 Å². The molecule has 4 aliphatic carbocycles. The first-order valence-corrected chi connectivity index (χ1v) is 11.7.